The molecule has 0 amide bonds. The standard InChI is InChI=1S/C8H13F2N3/c1-4(2)13-5(3)6(11)7(12-13)8(9)10/h4,8H,11H2,1-3H3. The van der Waals surface area contributed by atoms with Crippen LogP contribution in [0.1, 0.15) is 37.7 Å². The van der Waals surface area contributed by atoms with Crippen LogP contribution >= 0.6 is 0 Å². The van der Waals surface area contributed by atoms with Crippen LogP contribution in [-0.2, 0) is 0 Å². The average molecular weight is 189 g/mol. The van der Waals surface area contributed by atoms with Crippen LogP contribution in [0.5, 0.6) is 0 Å². The van der Waals surface area contributed by atoms with E-state index >= 15 is 0 Å². The van der Waals surface area contributed by atoms with E-state index in [1.165, 1.54) is 4.68 Å². The molecule has 0 unspecified atom stereocenters. The fourth-order valence-corrected chi connectivity index (χ4v) is 1.22. The Bertz CT molecular complexity index is 276. The molecule has 0 saturated carbocycles. The smallest absolute Gasteiger partial charge is 0.284 e. The molecule has 0 aliphatic heterocycles. The molecule has 0 aliphatic carbocycles. The number of anilines is 1. The normalized spacial score (nSPS) is 11.6. The predicted octanol–water partition coefficient (Wildman–Crippen LogP) is 2.29. The van der Waals surface area contributed by atoms with Crippen molar-refractivity contribution in [1.29, 1.82) is 0 Å². The van der Waals surface area contributed by atoms with Gasteiger partial charge in [0.25, 0.3) is 6.43 Å². The molecular formula is C8H13F2N3. The zero-order valence-electron chi connectivity index (χ0n) is 7.88. The molecule has 5 heteroatoms. The first-order valence-corrected chi connectivity index (χ1v) is 4.07. The van der Waals surface area contributed by atoms with Crippen molar-refractivity contribution >= 4 is 5.69 Å². The van der Waals surface area contributed by atoms with Gasteiger partial charge < -0.3 is 5.73 Å². The van der Waals surface area contributed by atoms with Gasteiger partial charge in [-0.25, -0.2) is 8.78 Å². The van der Waals surface area contributed by atoms with E-state index in [-0.39, 0.29) is 17.4 Å². The lowest BCUT2D eigenvalue weighted by Gasteiger charge is -2.06. The first kappa shape index (κ1) is 9.95. The molecule has 0 spiro atoms. The molecule has 1 rings (SSSR count). The highest BCUT2D eigenvalue weighted by Crippen LogP contribution is 2.27. The van der Waals surface area contributed by atoms with Crippen molar-refractivity contribution < 1.29 is 8.78 Å². The Balaban J connectivity index is 3.20. The number of hydrogen-bond donors (Lipinski definition) is 1. The van der Waals surface area contributed by atoms with Crippen molar-refractivity contribution in [3.8, 4) is 0 Å². The third-order valence-electron chi connectivity index (χ3n) is 1.92. The highest BCUT2D eigenvalue weighted by molar-refractivity contribution is 5.48. The van der Waals surface area contributed by atoms with Gasteiger partial charge in [-0.2, -0.15) is 5.10 Å². The minimum absolute atomic E-state index is 0.0507. The zero-order chi connectivity index (χ0) is 10.2. The largest absolute Gasteiger partial charge is 0.396 e. The van der Waals surface area contributed by atoms with E-state index in [0.29, 0.717) is 5.69 Å². The molecule has 1 heterocycles. The molecule has 13 heavy (non-hydrogen) atoms. The molecule has 0 fully saturated rings. The molecule has 2 N–H and O–H groups in total. The Morgan fingerprint density at radius 3 is 2.15 bits per heavy atom. The maximum atomic E-state index is 12.3. The first-order valence-electron chi connectivity index (χ1n) is 4.07. The highest BCUT2D eigenvalue weighted by Gasteiger charge is 2.20. The van der Waals surface area contributed by atoms with Crippen LogP contribution in [0, 0.1) is 6.92 Å². The van der Waals surface area contributed by atoms with Gasteiger partial charge in [0.15, 0.2) is 5.69 Å². The van der Waals surface area contributed by atoms with Gasteiger partial charge >= 0.3 is 0 Å². The van der Waals surface area contributed by atoms with Crippen LogP contribution in [0.3, 0.4) is 0 Å². The Morgan fingerprint density at radius 1 is 1.38 bits per heavy atom. The Morgan fingerprint density at radius 2 is 1.92 bits per heavy atom. The summed E-state index contributed by atoms with van der Waals surface area (Å²) in [6.45, 7) is 5.43. The van der Waals surface area contributed by atoms with Crippen LogP contribution in [0.4, 0.5) is 14.5 Å². The number of rotatable bonds is 2. The zero-order valence-corrected chi connectivity index (χ0v) is 7.88. The number of alkyl halides is 2. The average Bonchev–Trinajstić information content (AvgIpc) is 2.29. The van der Waals surface area contributed by atoms with Gasteiger partial charge in [0, 0.05) is 6.04 Å². The van der Waals surface area contributed by atoms with Crippen LogP contribution in [0.15, 0.2) is 0 Å². The van der Waals surface area contributed by atoms with E-state index in [4.69, 9.17) is 5.73 Å². The van der Waals surface area contributed by atoms with Crippen molar-refractivity contribution in [3.63, 3.8) is 0 Å². The summed E-state index contributed by atoms with van der Waals surface area (Å²) in [5, 5.41) is 3.75. The number of aromatic nitrogens is 2. The third-order valence-corrected chi connectivity index (χ3v) is 1.92. The summed E-state index contributed by atoms with van der Waals surface area (Å²) in [5.74, 6) is 0. The topological polar surface area (TPSA) is 43.8 Å². The van der Waals surface area contributed by atoms with E-state index in [1.54, 1.807) is 6.92 Å². The van der Waals surface area contributed by atoms with Crippen molar-refractivity contribution in [3.05, 3.63) is 11.4 Å². The molecule has 3 nitrogen and oxygen atoms in total. The highest BCUT2D eigenvalue weighted by atomic mass is 19.3. The summed E-state index contributed by atoms with van der Waals surface area (Å²) < 4.78 is 26.2. The molecule has 0 radical (unpaired) electrons. The summed E-state index contributed by atoms with van der Waals surface area (Å²) >= 11 is 0. The fourth-order valence-electron chi connectivity index (χ4n) is 1.22. The van der Waals surface area contributed by atoms with E-state index in [0.717, 1.165) is 0 Å². The van der Waals surface area contributed by atoms with E-state index in [9.17, 15) is 8.78 Å². The molecule has 0 atom stereocenters. The van der Waals surface area contributed by atoms with Gasteiger partial charge in [0.1, 0.15) is 0 Å². The van der Waals surface area contributed by atoms with E-state index in [2.05, 4.69) is 5.10 Å². The summed E-state index contributed by atoms with van der Waals surface area (Å²) in [6, 6.07) is 0.0507. The monoisotopic (exact) mass is 189 g/mol. The van der Waals surface area contributed by atoms with Crippen molar-refractivity contribution in [1.82, 2.24) is 9.78 Å². The second-order valence-electron chi connectivity index (χ2n) is 3.22. The maximum Gasteiger partial charge on any atom is 0.284 e. The predicted molar refractivity (Wildman–Crippen MR) is 46.7 cm³/mol. The van der Waals surface area contributed by atoms with Gasteiger partial charge in [-0.15, -0.1) is 0 Å². The number of hydrogen-bond acceptors (Lipinski definition) is 2. The van der Waals surface area contributed by atoms with Crippen LogP contribution in [-0.4, -0.2) is 9.78 Å². The van der Waals surface area contributed by atoms with E-state index < -0.39 is 6.43 Å². The van der Waals surface area contributed by atoms with Crippen LogP contribution in [0.25, 0.3) is 0 Å². The quantitative estimate of drug-likeness (QED) is 0.775. The summed E-state index contributed by atoms with van der Waals surface area (Å²) in [6.07, 6.45) is -2.60. The Labute approximate surface area is 75.5 Å². The first-order chi connectivity index (χ1) is 5.95. The Kier molecular flexibility index (Phi) is 2.54. The molecule has 1 aromatic rings. The van der Waals surface area contributed by atoms with Crippen LogP contribution in [0.2, 0.25) is 0 Å². The fraction of sp³-hybridized carbons (Fsp3) is 0.625. The minimum atomic E-state index is -2.60. The van der Waals surface area contributed by atoms with Gasteiger partial charge in [0.05, 0.1) is 11.4 Å². The van der Waals surface area contributed by atoms with E-state index in [1.807, 2.05) is 13.8 Å². The lowest BCUT2D eigenvalue weighted by Crippen LogP contribution is -2.05. The van der Waals surface area contributed by atoms with Gasteiger partial charge in [-0.1, -0.05) is 0 Å². The summed E-state index contributed by atoms with van der Waals surface area (Å²) in [4.78, 5) is 0. The Hall–Kier alpha value is -1.13. The van der Waals surface area contributed by atoms with Gasteiger partial charge in [-0.3, -0.25) is 4.68 Å². The maximum absolute atomic E-state index is 12.3. The second-order valence-corrected chi connectivity index (χ2v) is 3.22. The summed E-state index contributed by atoms with van der Waals surface area (Å²) in [5.41, 5.74) is 5.87. The lowest BCUT2D eigenvalue weighted by molar-refractivity contribution is 0.145. The van der Waals surface area contributed by atoms with Crippen molar-refractivity contribution in [2.75, 3.05) is 5.73 Å². The van der Waals surface area contributed by atoms with Crippen LogP contribution < -0.4 is 5.73 Å². The molecule has 0 saturated heterocycles. The SMILES string of the molecule is Cc1c(N)c(C(F)F)nn1C(C)C. The number of halogens is 2. The molecule has 74 valence electrons. The minimum Gasteiger partial charge on any atom is -0.396 e. The number of nitrogens with two attached hydrogens (primary N) is 1. The lowest BCUT2D eigenvalue weighted by atomic mass is 10.3. The summed E-state index contributed by atoms with van der Waals surface area (Å²) in [7, 11) is 0. The van der Waals surface area contributed by atoms with Gasteiger partial charge in [0.2, 0.25) is 0 Å². The third kappa shape index (κ3) is 1.64. The number of nitrogens with zero attached hydrogens (tertiary/aromatic N) is 2. The second kappa shape index (κ2) is 3.32. The number of nitrogen functional groups attached to an aromatic ring is 1. The molecule has 0 aliphatic rings. The van der Waals surface area contributed by atoms with Crippen molar-refractivity contribution in [2.45, 2.75) is 33.2 Å². The molecular weight excluding hydrogens is 176 g/mol. The molecule has 1 aromatic heterocycles. The molecule has 0 aromatic carbocycles. The van der Waals surface area contributed by atoms with Gasteiger partial charge in [-0.05, 0) is 20.8 Å². The van der Waals surface area contributed by atoms with Crippen molar-refractivity contribution in [2.24, 2.45) is 0 Å². The molecule has 0 bridgehead atoms.